The zero-order chi connectivity index (χ0) is 13.9. The van der Waals surface area contributed by atoms with E-state index in [0.29, 0.717) is 0 Å². The minimum absolute atomic E-state index is 0.0633. The van der Waals surface area contributed by atoms with Gasteiger partial charge < -0.3 is 10.6 Å². The van der Waals surface area contributed by atoms with Crippen LogP contribution in [-0.4, -0.2) is 17.0 Å². The predicted octanol–water partition coefficient (Wildman–Crippen LogP) is 3.49. The van der Waals surface area contributed by atoms with Gasteiger partial charge in [-0.05, 0) is 11.4 Å². The molecular weight excluding hydrogens is 256 g/mol. The van der Waals surface area contributed by atoms with Crippen molar-refractivity contribution in [3.05, 3.63) is 34.3 Å². The number of rotatable bonds is 4. The van der Waals surface area contributed by atoms with Gasteiger partial charge in [-0.1, -0.05) is 26.8 Å². The molecule has 0 radical (unpaired) electrons. The molecule has 0 atom stereocenters. The van der Waals surface area contributed by atoms with E-state index in [2.05, 4.69) is 58.9 Å². The Bertz CT molecular complexity index is 529. The largest absolute Gasteiger partial charge is 0.373 e. The van der Waals surface area contributed by atoms with Gasteiger partial charge in [-0.15, -0.1) is 11.3 Å². The van der Waals surface area contributed by atoms with Crippen molar-refractivity contribution in [3.8, 4) is 0 Å². The number of aromatic nitrogens is 2. The molecule has 2 heterocycles. The van der Waals surface area contributed by atoms with Crippen LogP contribution in [0.25, 0.3) is 0 Å². The van der Waals surface area contributed by atoms with E-state index in [0.717, 1.165) is 24.0 Å². The summed E-state index contributed by atoms with van der Waals surface area (Å²) in [6.45, 7) is 7.14. The molecule has 2 aromatic rings. The summed E-state index contributed by atoms with van der Waals surface area (Å²) in [6, 6.07) is 6.10. The normalized spacial score (nSPS) is 11.4. The smallest absolute Gasteiger partial charge is 0.138 e. The molecule has 4 nitrogen and oxygen atoms in total. The second-order valence-corrected chi connectivity index (χ2v) is 6.43. The zero-order valence-corrected chi connectivity index (χ0v) is 12.6. The van der Waals surface area contributed by atoms with Gasteiger partial charge in [0.2, 0.25) is 0 Å². The van der Waals surface area contributed by atoms with Crippen molar-refractivity contribution in [2.24, 2.45) is 0 Å². The van der Waals surface area contributed by atoms with Crippen LogP contribution in [0, 0.1) is 0 Å². The van der Waals surface area contributed by atoms with E-state index in [4.69, 9.17) is 0 Å². The van der Waals surface area contributed by atoms with E-state index in [1.54, 1.807) is 11.3 Å². The molecule has 2 aromatic heterocycles. The Morgan fingerprint density at radius 2 is 1.95 bits per heavy atom. The second-order valence-electron chi connectivity index (χ2n) is 5.39. The van der Waals surface area contributed by atoms with E-state index in [9.17, 15) is 0 Å². The van der Waals surface area contributed by atoms with Gasteiger partial charge in [0.15, 0.2) is 0 Å². The van der Waals surface area contributed by atoms with Gasteiger partial charge >= 0.3 is 0 Å². The monoisotopic (exact) mass is 276 g/mol. The number of nitrogens with zero attached hydrogens (tertiary/aromatic N) is 2. The van der Waals surface area contributed by atoms with Gasteiger partial charge in [-0.3, -0.25) is 0 Å². The van der Waals surface area contributed by atoms with Crippen molar-refractivity contribution in [2.75, 3.05) is 17.7 Å². The molecule has 0 aliphatic heterocycles. The fourth-order valence-corrected chi connectivity index (χ4v) is 2.24. The van der Waals surface area contributed by atoms with Crippen molar-refractivity contribution >= 4 is 23.0 Å². The first-order valence-corrected chi connectivity index (χ1v) is 7.20. The lowest BCUT2D eigenvalue weighted by atomic mass is 9.96. The maximum atomic E-state index is 4.59. The fourth-order valence-electron chi connectivity index (χ4n) is 1.59. The summed E-state index contributed by atoms with van der Waals surface area (Å²) in [4.78, 5) is 10.4. The summed E-state index contributed by atoms with van der Waals surface area (Å²) in [5.74, 6) is 2.54. The van der Waals surface area contributed by atoms with Crippen molar-refractivity contribution in [3.63, 3.8) is 0 Å². The lowest BCUT2D eigenvalue weighted by molar-refractivity contribution is 0.546. The van der Waals surface area contributed by atoms with Crippen LogP contribution in [0.15, 0.2) is 23.6 Å². The predicted molar refractivity (Wildman–Crippen MR) is 81.9 cm³/mol. The quantitative estimate of drug-likeness (QED) is 0.897. The van der Waals surface area contributed by atoms with E-state index < -0.39 is 0 Å². The van der Waals surface area contributed by atoms with Crippen LogP contribution in [0.1, 0.15) is 31.5 Å². The highest BCUT2D eigenvalue weighted by molar-refractivity contribution is 7.09. The van der Waals surface area contributed by atoms with Gasteiger partial charge in [0.1, 0.15) is 17.5 Å². The van der Waals surface area contributed by atoms with Crippen molar-refractivity contribution in [1.82, 2.24) is 9.97 Å². The molecule has 19 heavy (non-hydrogen) atoms. The highest BCUT2D eigenvalue weighted by Gasteiger charge is 2.18. The van der Waals surface area contributed by atoms with Crippen LogP contribution >= 0.6 is 11.3 Å². The van der Waals surface area contributed by atoms with Crippen LogP contribution < -0.4 is 10.6 Å². The molecule has 0 aromatic carbocycles. The molecule has 0 unspecified atom stereocenters. The molecule has 102 valence electrons. The zero-order valence-electron chi connectivity index (χ0n) is 11.8. The van der Waals surface area contributed by atoms with E-state index >= 15 is 0 Å². The Morgan fingerprint density at radius 3 is 2.53 bits per heavy atom. The molecule has 5 heteroatoms. The molecule has 0 aliphatic carbocycles. The Balaban J connectivity index is 2.19. The van der Waals surface area contributed by atoms with Gasteiger partial charge in [0.05, 0.1) is 6.54 Å². The van der Waals surface area contributed by atoms with Crippen LogP contribution in [0.4, 0.5) is 11.6 Å². The maximum absolute atomic E-state index is 4.59. The van der Waals surface area contributed by atoms with Gasteiger partial charge in [-0.25, -0.2) is 9.97 Å². The van der Waals surface area contributed by atoms with Crippen LogP contribution in [-0.2, 0) is 12.0 Å². The molecule has 0 bridgehead atoms. The number of hydrogen-bond donors (Lipinski definition) is 2. The minimum Gasteiger partial charge on any atom is -0.373 e. The standard InChI is InChI=1S/C14H20N4S/c1-14(2,3)13-17-11(15-4)8-12(18-13)16-9-10-6-5-7-19-10/h5-8H,9H2,1-4H3,(H2,15,16,17,18). The minimum atomic E-state index is -0.0633. The van der Waals surface area contributed by atoms with Crippen LogP contribution in [0.3, 0.4) is 0 Å². The molecule has 0 saturated carbocycles. The summed E-state index contributed by atoms with van der Waals surface area (Å²) in [5.41, 5.74) is -0.0633. The third-order valence-electron chi connectivity index (χ3n) is 2.68. The van der Waals surface area contributed by atoms with Crippen LogP contribution in [0.2, 0.25) is 0 Å². The molecule has 2 rings (SSSR count). The molecular formula is C14H20N4S. The maximum Gasteiger partial charge on any atom is 0.138 e. The molecule has 0 amide bonds. The summed E-state index contributed by atoms with van der Waals surface area (Å²) in [6.07, 6.45) is 0. The van der Waals surface area contributed by atoms with E-state index in [1.807, 2.05) is 13.1 Å². The SMILES string of the molecule is CNc1cc(NCc2cccs2)nc(C(C)(C)C)n1. The Labute approximate surface area is 118 Å². The summed E-state index contributed by atoms with van der Waals surface area (Å²) >= 11 is 1.74. The third-order valence-corrected chi connectivity index (χ3v) is 3.55. The number of thiophene rings is 1. The van der Waals surface area contributed by atoms with Gasteiger partial charge in [0, 0.05) is 23.4 Å². The van der Waals surface area contributed by atoms with E-state index in [1.165, 1.54) is 4.88 Å². The fraction of sp³-hybridized carbons (Fsp3) is 0.429. The van der Waals surface area contributed by atoms with Crippen molar-refractivity contribution < 1.29 is 0 Å². The Kier molecular flexibility index (Phi) is 4.04. The van der Waals surface area contributed by atoms with Crippen LogP contribution in [0.5, 0.6) is 0 Å². The van der Waals surface area contributed by atoms with Gasteiger partial charge in [0.25, 0.3) is 0 Å². The molecule has 2 N–H and O–H groups in total. The van der Waals surface area contributed by atoms with Gasteiger partial charge in [-0.2, -0.15) is 0 Å². The molecule has 0 fully saturated rings. The first-order valence-electron chi connectivity index (χ1n) is 6.32. The summed E-state index contributed by atoms with van der Waals surface area (Å²) < 4.78 is 0. The lowest BCUT2D eigenvalue weighted by Gasteiger charge is -2.18. The van der Waals surface area contributed by atoms with Crippen molar-refractivity contribution in [1.29, 1.82) is 0 Å². The first-order chi connectivity index (χ1) is 8.99. The number of anilines is 2. The highest BCUT2D eigenvalue weighted by Crippen LogP contribution is 2.22. The summed E-state index contributed by atoms with van der Waals surface area (Å²) in [5, 5.41) is 8.52. The molecule has 0 spiro atoms. The topological polar surface area (TPSA) is 49.8 Å². The highest BCUT2D eigenvalue weighted by atomic mass is 32.1. The average Bonchev–Trinajstić information content (AvgIpc) is 2.88. The molecule has 0 aliphatic rings. The average molecular weight is 276 g/mol. The first kappa shape index (κ1) is 13.8. The Morgan fingerprint density at radius 1 is 1.21 bits per heavy atom. The molecule has 0 saturated heterocycles. The second kappa shape index (κ2) is 5.57. The van der Waals surface area contributed by atoms with Crippen molar-refractivity contribution in [2.45, 2.75) is 32.7 Å². The number of hydrogen-bond acceptors (Lipinski definition) is 5. The van der Waals surface area contributed by atoms with E-state index in [-0.39, 0.29) is 5.41 Å². The third kappa shape index (κ3) is 3.67. The lowest BCUT2D eigenvalue weighted by Crippen LogP contribution is -2.18. The summed E-state index contributed by atoms with van der Waals surface area (Å²) in [7, 11) is 1.87. The number of nitrogens with one attached hydrogen (secondary N) is 2. The Hall–Kier alpha value is -1.62.